The molecule has 1 saturated heterocycles. The quantitative estimate of drug-likeness (QED) is 0.694. The molecule has 1 atom stereocenters. The highest BCUT2D eigenvalue weighted by Gasteiger charge is 2.34. The lowest BCUT2D eigenvalue weighted by Crippen LogP contribution is -2.38. The number of nitrogens with zero attached hydrogens (tertiary/aromatic N) is 4. The van der Waals surface area contributed by atoms with E-state index in [2.05, 4.69) is 10.3 Å². The van der Waals surface area contributed by atoms with Gasteiger partial charge in [0, 0.05) is 24.7 Å². The number of methoxy groups -OCH3 is 1. The Bertz CT molecular complexity index is 1090. The molecule has 0 radical (unpaired) electrons. The van der Waals surface area contributed by atoms with Crippen molar-refractivity contribution < 1.29 is 9.53 Å². The van der Waals surface area contributed by atoms with Crippen LogP contribution in [0.15, 0.2) is 35.3 Å². The Morgan fingerprint density at radius 3 is 2.97 bits per heavy atom. The van der Waals surface area contributed by atoms with Crippen LogP contribution in [-0.4, -0.2) is 45.7 Å². The second kappa shape index (κ2) is 8.30. The van der Waals surface area contributed by atoms with Crippen LogP contribution in [-0.2, 0) is 11.3 Å². The molecule has 0 bridgehead atoms. The number of rotatable bonds is 5. The molecule has 0 aliphatic carbocycles. The number of ether oxygens (including phenoxy) is 1. The molecule has 1 fully saturated rings. The number of thiazole rings is 1. The average Bonchev–Trinajstić information content (AvgIpc) is 3.36. The summed E-state index contributed by atoms with van der Waals surface area (Å²) in [6.07, 6.45) is 3.33. The number of fused-ring (bicyclic) bond motifs is 1. The van der Waals surface area contributed by atoms with E-state index in [9.17, 15) is 9.59 Å². The molecule has 1 unspecified atom stereocenters. The number of urea groups is 1. The molecule has 1 aliphatic heterocycles. The maximum Gasteiger partial charge on any atom is 0.324 e. The highest BCUT2D eigenvalue weighted by molar-refractivity contribution is 7.15. The molecular weight excluding hydrogens is 390 g/mol. The van der Waals surface area contributed by atoms with E-state index >= 15 is 0 Å². The largest absolute Gasteiger partial charge is 0.383 e. The van der Waals surface area contributed by atoms with E-state index in [4.69, 9.17) is 9.72 Å². The standard InChI is InChI=1S/C20H23N5O3S/c1-13-12-21-19(29-13)23-20(27)24-9-5-8-16(24)17-22-15-7-4-3-6-14(15)18(26)25(17)10-11-28-2/h3-4,6-7,12,16H,5,8-11H2,1-2H3,(H,21,23,27). The highest BCUT2D eigenvalue weighted by Crippen LogP contribution is 2.32. The number of nitrogens with one attached hydrogen (secondary N) is 1. The van der Waals surface area contributed by atoms with Crippen LogP contribution >= 0.6 is 11.3 Å². The van der Waals surface area contributed by atoms with Crippen LogP contribution in [0.4, 0.5) is 9.93 Å². The van der Waals surface area contributed by atoms with Crippen molar-refractivity contribution in [1.29, 1.82) is 0 Å². The zero-order valence-corrected chi connectivity index (χ0v) is 17.2. The van der Waals surface area contributed by atoms with E-state index in [-0.39, 0.29) is 17.6 Å². The minimum Gasteiger partial charge on any atom is -0.383 e. The first-order valence-corrected chi connectivity index (χ1v) is 10.4. The first-order valence-electron chi connectivity index (χ1n) is 9.57. The van der Waals surface area contributed by atoms with Gasteiger partial charge in [-0.3, -0.25) is 14.7 Å². The summed E-state index contributed by atoms with van der Waals surface area (Å²) >= 11 is 1.43. The monoisotopic (exact) mass is 413 g/mol. The molecule has 1 aliphatic rings. The molecular formula is C20H23N5O3S. The van der Waals surface area contributed by atoms with E-state index in [1.807, 2.05) is 25.1 Å². The van der Waals surface area contributed by atoms with Gasteiger partial charge in [-0.25, -0.2) is 14.8 Å². The summed E-state index contributed by atoms with van der Waals surface area (Å²) in [5, 5.41) is 4.01. The zero-order valence-electron chi connectivity index (χ0n) is 16.4. The Kier molecular flexibility index (Phi) is 5.59. The second-order valence-electron chi connectivity index (χ2n) is 6.99. The van der Waals surface area contributed by atoms with E-state index in [1.54, 1.807) is 28.8 Å². The summed E-state index contributed by atoms with van der Waals surface area (Å²) in [5.74, 6) is 0.605. The van der Waals surface area contributed by atoms with E-state index in [1.165, 1.54) is 11.3 Å². The third-order valence-corrected chi connectivity index (χ3v) is 5.89. The van der Waals surface area contributed by atoms with Crippen molar-refractivity contribution in [2.24, 2.45) is 0 Å². The number of anilines is 1. The predicted molar refractivity (Wildman–Crippen MR) is 112 cm³/mol. The summed E-state index contributed by atoms with van der Waals surface area (Å²) in [7, 11) is 1.60. The SMILES string of the molecule is COCCn1c(C2CCCN2C(=O)Nc2ncc(C)s2)nc2ccccc2c1=O. The van der Waals surface area contributed by atoms with E-state index in [0.717, 1.165) is 17.7 Å². The van der Waals surface area contributed by atoms with Crippen LogP contribution in [0.25, 0.3) is 10.9 Å². The van der Waals surface area contributed by atoms with Crippen molar-refractivity contribution in [1.82, 2.24) is 19.4 Å². The Balaban J connectivity index is 1.71. The molecule has 9 heteroatoms. The molecule has 8 nitrogen and oxygen atoms in total. The van der Waals surface area contributed by atoms with E-state index < -0.39 is 0 Å². The normalized spacial score (nSPS) is 16.5. The lowest BCUT2D eigenvalue weighted by Gasteiger charge is -2.26. The van der Waals surface area contributed by atoms with Crippen LogP contribution in [0, 0.1) is 6.92 Å². The Morgan fingerprint density at radius 1 is 1.38 bits per heavy atom. The third-order valence-electron chi connectivity index (χ3n) is 5.06. The van der Waals surface area contributed by atoms with Gasteiger partial charge in [0.1, 0.15) is 5.82 Å². The van der Waals surface area contributed by atoms with Crippen molar-refractivity contribution >= 4 is 33.4 Å². The zero-order chi connectivity index (χ0) is 20.4. The molecule has 29 heavy (non-hydrogen) atoms. The number of carbonyl (C=O) groups excluding carboxylic acids is 1. The topological polar surface area (TPSA) is 89.3 Å². The summed E-state index contributed by atoms with van der Waals surface area (Å²) in [6, 6.07) is 6.81. The van der Waals surface area contributed by atoms with Crippen LogP contribution in [0.5, 0.6) is 0 Å². The first kappa shape index (κ1) is 19.5. The minimum absolute atomic E-state index is 0.106. The fourth-order valence-corrected chi connectivity index (χ4v) is 4.35. The van der Waals surface area contributed by atoms with Crippen molar-refractivity contribution in [2.75, 3.05) is 25.6 Å². The second-order valence-corrected chi connectivity index (χ2v) is 8.23. The van der Waals surface area contributed by atoms with Gasteiger partial charge < -0.3 is 9.64 Å². The van der Waals surface area contributed by atoms with Gasteiger partial charge in [0.15, 0.2) is 5.13 Å². The van der Waals surface area contributed by atoms with Crippen LogP contribution < -0.4 is 10.9 Å². The Hall–Kier alpha value is -2.78. The summed E-state index contributed by atoms with van der Waals surface area (Å²) in [4.78, 5) is 37.8. The van der Waals surface area contributed by atoms with Gasteiger partial charge in [-0.15, -0.1) is 11.3 Å². The molecule has 152 valence electrons. The molecule has 0 spiro atoms. The lowest BCUT2D eigenvalue weighted by atomic mass is 10.1. The van der Waals surface area contributed by atoms with Gasteiger partial charge in [0.05, 0.1) is 30.1 Å². The number of para-hydroxylation sites is 1. The molecule has 4 rings (SSSR count). The maximum atomic E-state index is 13.1. The van der Waals surface area contributed by atoms with Crippen LogP contribution in [0.2, 0.25) is 0 Å². The molecule has 1 N–H and O–H groups in total. The Morgan fingerprint density at radius 2 is 2.21 bits per heavy atom. The molecule has 0 saturated carbocycles. The van der Waals surface area contributed by atoms with Gasteiger partial charge in [-0.1, -0.05) is 12.1 Å². The summed E-state index contributed by atoms with van der Waals surface area (Å²) in [6.45, 7) is 3.33. The van der Waals surface area contributed by atoms with Crippen molar-refractivity contribution in [3.05, 3.63) is 51.5 Å². The molecule has 3 aromatic rings. The van der Waals surface area contributed by atoms with Gasteiger partial charge in [0.25, 0.3) is 5.56 Å². The van der Waals surface area contributed by atoms with Gasteiger partial charge in [-0.05, 0) is 31.9 Å². The van der Waals surface area contributed by atoms with Crippen molar-refractivity contribution in [2.45, 2.75) is 32.4 Å². The average molecular weight is 414 g/mol. The lowest BCUT2D eigenvalue weighted by molar-refractivity contribution is 0.180. The number of hydrogen-bond donors (Lipinski definition) is 1. The number of amides is 2. The number of carbonyl (C=O) groups is 1. The number of likely N-dealkylation sites (tertiary alicyclic amines) is 1. The number of aromatic nitrogens is 3. The van der Waals surface area contributed by atoms with Gasteiger partial charge in [0.2, 0.25) is 0 Å². The van der Waals surface area contributed by atoms with Crippen LogP contribution in [0.1, 0.15) is 29.6 Å². The molecule has 3 heterocycles. The molecule has 1 aromatic carbocycles. The Labute approximate surface area is 172 Å². The molecule has 2 aromatic heterocycles. The first-order chi connectivity index (χ1) is 14.1. The number of aryl methyl sites for hydroxylation is 1. The fraction of sp³-hybridized carbons (Fsp3) is 0.400. The third kappa shape index (κ3) is 3.88. The van der Waals surface area contributed by atoms with Gasteiger partial charge >= 0.3 is 6.03 Å². The smallest absolute Gasteiger partial charge is 0.324 e. The van der Waals surface area contributed by atoms with E-state index in [0.29, 0.717) is 41.6 Å². The summed E-state index contributed by atoms with van der Waals surface area (Å²) in [5.41, 5.74) is 0.537. The predicted octanol–water partition coefficient (Wildman–Crippen LogP) is 3.18. The highest BCUT2D eigenvalue weighted by atomic mass is 32.1. The summed E-state index contributed by atoms with van der Waals surface area (Å²) < 4.78 is 6.85. The fourth-order valence-electron chi connectivity index (χ4n) is 3.69. The molecule has 2 amide bonds. The number of benzene rings is 1. The number of hydrogen-bond acceptors (Lipinski definition) is 6. The minimum atomic E-state index is -0.273. The van der Waals surface area contributed by atoms with Crippen molar-refractivity contribution in [3.8, 4) is 0 Å². The van der Waals surface area contributed by atoms with Crippen LogP contribution in [0.3, 0.4) is 0 Å². The van der Waals surface area contributed by atoms with Crippen molar-refractivity contribution in [3.63, 3.8) is 0 Å². The maximum absolute atomic E-state index is 13.1. The van der Waals surface area contributed by atoms with Gasteiger partial charge in [-0.2, -0.15) is 0 Å².